The molecule has 2 unspecified atom stereocenters. The molecule has 1 N–H and O–H groups in total. The summed E-state index contributed by atoms with van der Waals surface area (Å²) in [5, 5.41) is 4.41. The molecule has 0 aliphatic heterocycles. The van der Waals surface area contributed by atoms with Gasteiger partial charge < -0.3 is 5.32 Å². The largest absolute Gasteiger partial charge is 0.369 e. The summed E-state index contributed by atoms with van der Waals surface area (Å²) in [6, 6.07) is 1.70. The molecule has 1 aliphatic rings. The number of nitrogens with zero attached hydrogens (tertiary/aromatic N) is 1. The Morgan fingerprint density at radius 2 is 2.06 bits per heavy atom. The van der Waals surface area contributed by atoms with Crippen molar-refractivity contribution in [1.29, 1.82) is 0 Å². The van der Waals surface area contributed by atoms with E-state index in [9.17, 15) is 0 Å². The zero-order valence-corrected chi connectivity index (χ0v) is 11.7. The molecule has 0 bridgehead atoms. The molecule has 0 aromatic carbocycles. The number of alkyl halides is 1. The van der Waals surface area contributed by atoms with Crippen molar-refractivity contribution in [2.24, 2.45) is 11.8 Å². The van der Waals surface area contributed by atoms with Gasteiger partial charge in [-0.2, -0.15) is 0 Å². The second-order valence-corrected chi connectivity index (χ2v) is 5.62. The molecule has 1 aliphatic carbocycles. The zero-order chi connectivity index (χ0) is 12.3. The van der Waals surface area contributed by atoms with Gasteiger partial charge in [0.2, 0.25) is 0 Å². The Hall–Kier alpha value is -0.180. The van der Waals surface area contributed by atoms with Gasteiger partial charge in [0, 0.05) is 18.6 Å². The zero-order valence-electron chi connectivity index (χ0n) is 9.43. The van der Waals surface area contributed by atoms with Crippen LogP contribution in [0.1, 0.15) is 19.3 Å². The third kappa shape index (κ3) is 3.40. The molecule has 94 valence electrons. The van der Waals surface area contributed by atoms with Gasteiger partial charge in [-0.1, -0.05) is 29.6 Å². The summed E-state index contributed by atoms with van der Waals surface area (Å²) < 4.78 is 0. The lowest BCUT2D eigenvalue weighted by Crippen LogP contribution is -2.19. The van der Waals surface area contributed by atoms with E-state index in [1.807, 2.05) is 0 Å². The lowest BCUT2D eigenvalue weighted by Gasteiger charge is -2.18. The van der Waals surface area contributed by atoms with Crippen molar-refractivity contribution in [3.05, 3.63) is 22.3 Å². The molecule has 1 fully saturated rings. The molecule has 1 aromatic rings. The molecule has 17 heavy (non-hydrogen) atoms. The van der Waals surface area contributed by atoms with Crippen LogP contribution in [0.2, 0.25) is 10.0 Å². The minimum atomic E-state index is 0.556. The van der Waals surface area contributed by atoms with Gasteiger partial charge in [-0.05, 0) is 30.7 Å². The lowest BCUT2D eigenvalue weighted by atomic mass is 9.98. The standard InChI is InChI=1S/C12H15Cl3N2/c13-5-8-2-1-3-9(8)6-16-12-11(15)4-10(14)7-17-12/h4,7-9H,1-3,5-6H2,(H,16,17). The van der Waals surface area contributed by atoms with Gasteiger partial charge in [0.15, 0.2) is 0 Å². The Balaban J connectivity index is 1.93. The molecule has 2 nitrogen and oxygen atoms in total. The molecule has 1 aromatic heterocycles. The number of hydrogen-bond donors (Lipinski definition) is 1. The van der Waals surface area contributed by atoms with Crippen molar-refractivity contribution < 1.29 is 0 Å². The fraction of sp³-hybridized carbons (Fsp3) is 0.583. The third-order valence-electron chi connectivity index (χ3n) is 3.35. The topological polar surface area (TPSA) is 24.9 Å². The highest BCUT2D eigenvalue weighted by Gasteiger charge is 2.26. The summed E-state index contributed by atoms with van der Waals surface area (Å²) >= 11 is 17.8. The Bertz CT molecular complexity index is 384. The number of pyridine rings is 1. The third-order valence-corrected chi connectivity index (χ3v) is 4.25. The van der Waals surface area contributed by atoms with E-state index in [2.05, 4.69) is 10.3 Å². The van der Waals surface area contributed by atoms with E-state index in [1.54, 1.807) is 12.3 Å². The SMILES string of the molecule is ClCC1CCCC1CNc1ncc(Cl)cc1Cl. The molecule has 0 saturated heterocycles. The highest BCUT2D eigenvalue weighted by Crippen LogP contribution is 2.33. The van der Waals surface area contributed by atoms with E-state index < -0.39 is 0 Å². The second kappa shape index (κ2) is 6.12. The van der Waals surface area contributed by atoms with Crippen LogP contribution in [0, 0.1) is 11.8 Å². The van der Waals surface area contributed by atoms with Crippen LogP contribution in [0.4, 0.5) is 5.82 Å². The Kier molecular flexibility index (Phi) is 4.78. The van der Waals surface area contributed by atoms with Gasteiger partial charge in [-0.15, -0.1) is 11.6 Å². The maximum absolute atomic E-state index is 6.05. The molecule has 0 radical (unpaired) electrons. The quantitative estimate of drug-likeness (QED) is 0.829. The van der Waals surface area contributed by atoms with Crippen LogP contribution in [0.25, 0.3) is 0 Å². The summed E-state index contributed by atoms with van der Waals surface area (Å²) in [5.74, 6) is 2.70. The molecule has 5 heteroatoms. The smallest absolute Gasteiger partial charge is 0.144 e. The summed E-state index contributed by atoms with van der Waals surface area (Å²) in [6.07, 6.45) is 5.34. The highest BCUT2D eigenvalue weighted by atomic mass is 35.5. The fourth-order valence-electron chi connectivity index (χ4n) is 2.36. The Labute approximate surface area is 117 Å². The van der Waals surface area contributed by atoms with Crippen molar-refractivity contribution >= 4 is 40.6 Å². The van der Waals surface area contributed by atoms with Crippen LogP contribution in [-0.2, 0) is 0 Å². The van der Waals surface area contributed by atoms with Gasteiger partial charge in [-0.3, -0.25) is 0 Å². The second-order valence-electron chi connectivity index (χ2n) is 4.47. The normalized spacial score (nSPS) is 23.9. The Morgan fingerprint density at radius 1 is 1.29 bits per heavy atom. The molecule has 2 rings (SSSR count). The van der Waals surface area contributed by atoms with Crippen LogP contribution in [0.5, 0.6) is 0 Å². The van der Waals surface area contributed by atoms with E-state index in [4.69, 9.17) is 34.8 Å². The van der Waals surface area contributed by atoms with Crippen LogP contribution < -0.4 is 5.32 Å². The van der Waals surface area contributed by atoms with Gasteiger partial charge in [0.05, 0.1) is 10.0 Å². The average Bonchev–Trinajstić information content (AvgIpc) is 2.75. The van der Waals surface area contributed by atoms with Crippen LogP contribution in [-0.4, -0.2) is 17.4 Å². The van der Waals surface area contributed by atoms with Crippen LogP contribution in [0.3, 0.4) is 0 Å². The fourth-order valence-corrected chi connectivity index (χ4v) is 3.21. The predicted octanol–water partition coefficient (Wildman–Crippen LogP) is 4.46. The summed E-state index contributed by atoms with van der Waals surface area (Å²) in [7, 11) is 0. The van der Waals surface area contributed by atoms with E-state index in [-0.39, 0.29) is 0 Å². The van der Waals surface area contributed by atoms with Gasteiger partial charge in [0.25, 0.3) is 0 Å². The first-order chi connectivity index (χ1) is 8.20. The number of nitrogens with one attached hydrogen (secondary N) is 1. The molecular formula is C12H15Cl3N2. The van der Waals surface area contributed by atoms with Crippen molar-refractivity contribution in [2.75, 3.05) is 17.7 Å². The number of anilines is 1. The first kappa shape index (κ1) is 13.3. The summed E-state index contributed by atoms with van der Waals surface area (Å²) in [5.41, 5.74) is 0. The average molecular weight is 294 g/mol. The van der Waals surface area contributed by atoms with E-state index >= 15 is 0 Å². The minimum Gasteiger partial charge on any atom is -0.369 e. The highest BCUT2D eigenvalue weighted by molar-refractivity contribution is 6.35. The summed E-state index contributed by atoms with van der Waals surface area (Å²) in [4.78, 5) is 4.18. The van der Waals surface area contributed by atoms with Crippen molar-refractivity contribution in [1.82, 2.24) is 4.98 Å². The maximum atomic E-state index is 6.05. The van der Waals surface area contributed by atoms with Crippen molar-refractivity contribution in [3.63, 3.8) is 0 Å². The summed E-state index contributed by atoms with van der Waals surface area (Å²) in [6.45, 7) is 0.881. The molecule has 1 saturated carbocycles. The number of aromatic nitrogens is 1. The van der Waals surface area contributed by atoms with E-state index in [0.29, 0.717) is 27.7 Å². The van der Waals surface area contributed by atoms with E-state index in [0.717, 1.165) is 12.4 Å². The van der Waals surface area contributed by atoms with Crippen molar-refractivity contribution in [3.8, 4) is 0 Å². The number of halogens is 3. The van der Waals surface area contributed by atoms with Crippen LogP contribution >= 0.6 is 34.8 Å². The monoisotopic (exact) mass is 292 g/mol. The molecule has 0 spiro atoms. The molecule has 1 heterocycles. The molecular weight excluding hydrogens is 279 g/mol. The van der Waals surface area contributed by atoms with Crippen LogP contribution in [0.15, 0.2) is 12.3 Å². The number of rotatable bonds is 4. The van der Waals surface area contributed by atoms with Crippen molar-refractivity contribution in [2.45, 2.75) is 19.3 Å². The van der Waals surface area contributed by atoms with Gasteiger partial charge in [-0.25, -0.2) is 4.98 Å². The predicted molar refractivity (Wildman–Crippen MR) is 74.3 cm³/mol. The van der Waals surface area contributed by atoms with Gasteiger partial charge in [0.1, 0.15) is 5.82 Å². The van der Waals surface area contributed by atoms with E-state index in [1.165, 1.54) is 19.3 Å². The Morgan fingerprint density at radius 3 is 2.76 bits per heavy atom. The molecule has 0 amide bonds. The molecule has 2 atom stereocenters. The number of hydrogen-bond acceptors (Lipinski definition) is 2. The minimum absolute atomic E-state index is 0.556. The van der Waals surface area contributed by atoms with Gasteiger partial charge >= 0.3 is 0 Å². The first-order valence-electron chi connectivity index (χ1n) is 5.81. The first-order valence-corrected chi connectivity index (χ1v) is 7.10. The lowest BCUT2D eigenvalue weighted by molar-refractivity contribution is 0.444. The maximum Gasteiger partial charge on any atom is 0.144 e.